The number of benzene rings is 1. The van der Waals surface area contributed by atoms with Crippen LogP contribution in [0.5, 0.6) is 11.5 Å². The molecule has 0 aliphatic carbocycles. The monoisotopic (exact) mass is 344 g/mol. The SMILES string of the molecule is Cc1cc(-c2cc(Oc3ccn4nccc4c3)ccn2)ccc1C(N)=O. The number of carbonyl (C=O) groups is 1. The van der Waals surface area contributed by atoms with Crippen LogP contribution in [-0.4, -0.2) is 20.5 Å². The molecule has 0 radical (unpaired) electrons. The smallest absolute Gasteiger partial charge is 0.248 e. The lowest BCUT2D eigenvalue weighted by molar-refractivity contribution is 0.0999. The first kappa shape index (κ1) is 15.8. The van der Waals surface area contributed by atoms with E-state index in [1.165, 1.54) is 0 Å². The molecule has 1 aromatic carbocycles. The number of primary amides is 1. The Balaban J connectivity index is 1.64. The molecule has 3 aromatic heterocycles. The van der Waals surface area contributed by atoms with Gasteiger partial charge in [0.25, 0.3) is 0 Å². The minimum atomic E-state index is -0.436. The van der Waals surface area contributed by atoms with Gasteiger partial charge in [0.15, 0.2) is 0 Å². The quantitative estimate of drug-likeness (QED) is 0.613. The van der Waals surface area contributed by atoms with Crippen molar-refractivity contribution in [3.8, 4) is 22.8 Å². The molecule has 0 saturated heterocycles. The minimum Gasteiger partial charge on any atom is -0.457 e. The van der Waals surface area contributed by atoms with Gasteiger partial charge in [0.2, 0.25) is 5.91 Å². The van der Waals surface area contributed by atoms with E-state index in [4.69, 9.17) is 10.5 Å². The number of aromatic nitrogens is 3. The Morgan fingerprint density at radius 2 is 1.88 bits per heavy atom. The van der Waals surface area contributed by atoms with E-state index in [1.807, 2.05) is 49.5 Å². The molecule has 0 atom stereocenters. The van der Waals surface area contributed by atoms with Crippen molar-refractivity contribution in [1.29, 1.82) is 0 Å². The molecule has 0 aliphatic rings. The molecule has 0 spiro atoms. The molecule has 0 aliphatic heterocycles. The van der Waals surface area contributed by atoms with Gasteiger partial charge in [0, 0.05) is 41.9 Å². The Morgan fingerprint density at radius 1 is 1.04 bits per heavy atom. The van der Waals surface area contributed by atoms with Crippen LogP contribution < -0.4 is 10.5 Å². The van der Waals surface area contributed by atoms with E-state index in [-0.39, 0.29) is 0 Å². The van der Waals surface area contributed by atoms with Crippen molar-refractivity contribution < 1.29 is 9.53 Å². The first-order valence-electron chi connectivity index (χ1n) is 8.08. The number of hydrogen-bond acceptors (Lipinski definition) is 4. The van der Waals surface area contributed by atoms with Crippen LogP contribution in [0.3, 0.4) is 0 Å². The maximum Gasteiger partial charge on any atom is 0.248 e. The first-order chi connectivity index (χ1) is 12.6. The van der Waals surface area contributed by atoms with Gasteiger partial charge in [-0.1, -0.05) is 6.07 Å². The minimum absolute atomic E-state index is 0.436. The number of hydrogen-bond donors (Lipinski definition) is 1. The lowest BCUT2D eigenvalue weighted by Crippen LogP contribution is -2.12. The molecule has 128 valence electrons. The lowest BCUT2D eigenvalue weighted by atomic mass is 10.0. The van der Waals surface area contributed by atoms with Crippen molar-refractivity contribution >= 4 is 11.4 Å². The molecule has 0 fully saturated rings. The summed E-state index contributed by atoms with van der Waals surface area (Å²) in [6, 6.07) is 14.8. The molecule has 0 bridgehead atoms. The van der Waals surface area contributed by atoms with Gasteiger partial charge in [-0.05, 0) is 42.8 Å². The zero-order chi connectivity index (χ0) is 18.1. The van der Waals surface area contributed by atoms with Crippen LogP contribution in [-0.2, 0) is 0 Å². The van der Waals surface area contributed by atoms with Gasteiger partial charge >= 0.3 is 0 Å². The molecule has 4 rings (SSSR count). The molecule has 4 aromatic rings. The van der Waals surface area contributed by atoms with Crippen LogP contribution in [0.25, 0.3) is 16.8 Å². The highest BCUT2D eigenvalue weighted by atomic mass is 16.5. The summed E-state index contributed by atoms with van der Waals surface area (Å²) in [7, 11) is 0. The summed E-state index contributed by atoms with van der Waals surface area (Å²) in [4.78, 5) is 15.8. The third-order valence-electron chi connectivity index (χ3n) is 4.13. The van der Waals surface area contributed by atoms with E-state index in [2.05, 4.69) is 10.1 Å². The van der Waals surface area contributed by atoms with Crippen LogP contribution in [0.4, 0.5) is 0 Å². The van der Waals surface area contributed by atoms with E-state index in [9.17, 15) is 4.79 Å². The number of pyridine rings is 2. The summed E-state index contributed by atoms with van der Waals surface area (Å²) in [6.07, 6.45) is 5.28. The van der Waals surface area contributed by atoms with E-state index in [0.29, 0.717) is 11.3 Å². The highest BCUT2D eigenvalue weighted by Gasteiger charge is 2.08. The van der Waals surface area contributed by atoms with Crippen molar-refractivity contribution in [2.45, 2.75) is 6.92 Å². The number of amides is 1. The Hall–Kier alpha value is -3.67. The van der Waals surface area contributed by atoms with Crippen LogP contribution in [0.2, 0.25) is 0 Å². The fourth-order valence-corrected chi connectivity index (χ4v) is 2.83. The van der Waals surface area contributed by atoms with Gasteiger partial charge in [-0.15, -0.1) is 0 Å². The topological polar surface area (TPSA) is 82.5 Å². The Labute approximate surface area is 149 Å². The van der Waals surface area contributed by atoms with E-state index in [1.54, 1.807) is 29.0 Å². The third-order valence-corrected chi connectivity index (χ3v) is 4.13. The van der Waals surface area contributed by atoms with Crippen LogP contribution in [0.15, 0.2) is 67.1 Å². The van der Waals surface area contributed by atoms with Crippen molar-refractivity contribution in [2.24, 2.45) is 5.73 Å². The zero-order valence-corrected chi connectivity index (χ0v) is 14.1. The molecule has 0 saturated carbocycles. The normalized spacial score (nSPS) is 10.8. The Kier molecular flexibility index (Phi) is 3.85. The molecule has 1 amide bonds. The molecule has 6 nitrogen and oxygen atoms in total. The Morgan fingerprint density at radius 3 is 2.69 bits per heavy atom. The fourth-order valence-electron chi connectivity index (χ4n) is 2.83. The molecule has 26 heavy (non-hydrogen) atoms. The number of carbonyl (C=O) groups excluding carboxylic acids is 1. The second-order valence-corrected chi connectivity index (χ2v) is 5.94. The number of nitrogens with zero attached hydrogens (tertiary/aromatic N) is 3. The summed E-state index contributed by atoms with van der Waals surface area (Å²) in [5, 5.41) is 4.17. The molecular weight excluding hydrogens is 328 g/mol. The second-order valence-electron chi connectivity index (χ2n) is 5.94. The van der Waals surface area contributed by atoms with E-state index in [0.717, 1.165) is 28.1 Å². The number of aryl methyl sites for hydroxylation is 1. The van der Waals surface area contributed by atoms with Crippen molar-refractivity contribution in [3.63, 3.8) is 0 Å². The molecule has 0 unspecified atom stereocenters. The van der Waals surface area contributed by atoms with Crippen LogP contribution in [0, 0.1) is 6.92 Å². The fraction of sp³-hybridized carbons (Fsp3) is 0.0500. The van der Waals surface area contributed by atoms with E-state index >= 15 is 0 Å². The molecular formula is C20H16N4O2. The summed E-state index contributed by atoms with van der Waals surface area (Å²) >= 11 is 0. The van der Waals surface area contributed by atoms with Gasteiger partial charge in [-0.2, -0.15) is 5.10 Å². The summed E-state index contributed by atoms with van der Waals surface area (Å²) < 4.78 is 7.73. The highest BCUT2D eigenvalue weighted by molar-refractivity contribution is 5.94. The lowest BCUT2D eigenvalue weighted by Gasteiger charge is -2.09. The predicted octanol–water partition coefficient (Wildman–Crippen LogP) is 3.60. The zero-order valence-electron chi connectivity index (χ0n) is 14.1. The number of rotatable bonds is 4. The largest absolute Gasteiger partial charge is 0.457 e. The first-order valence-corrected chi connectivity index (χ1v) is 8.08. The van der Waals surface area contributed by atoms with Gasteiger partial charge in [-0.3, -0.25) is 9.78 Å². The second kappa shape index (κ2) is 6.33. The number of fused-ring (bicyclic) bond motifs is 1. The molecule has 6 heteroatoms. The summed E-state index contributed by atoms with van der Waals surface area (Å²) in [5.41, 5.74) is 9.29. The maximum atomic E-state index is 11.4. The maximum absolute atomic E-state index is 11.4. The number of ether oxygens (including phenoxy) is 1. The average molecular weight is 344 g/mol. The summed E-state index contributed by atoms with van der Waals surface area (Å²) in [5.74, 6) is 0.959. The van der Waals surface area contributed by atoms with Gasteiger partial charge in [0.1, 0.15) is 11.5 Å². The van der Waals surface area contributed by atoms with Gasteiger partial charge < -0.3 is 10.5 Å². The van der Waals surface area contributed by atoms with Crippen molar-refractivity contribution in [2.75, 3.05) is 0 Å². The van der Waals surface area contributed by atoms with Crippen molar-refractivity contribution in [1.82, 2.24) is 14.6 Å². The standard InChI is InChI=1S/C20H16N4O2/c1-13-10-14(2-3-18(13)20(21)25)19-12-16(5-7-22-19)26-17-6-9-24-15(11-17)4-8-23-24/h2-12H,1H3,(H2,21,25). The van der Waals surface area contributed by atoms with Crippen LogP contribution in [0.1, 0.15) is 15.9 Å². The predicted molar refractivity (Wildman–Crippen MR) is 98.2 cm³/mol. The molecule has 3 heterocycles. The van der Waals surface area contributed by atoms with Crippen molar-refractivity contribution in [3.05, 3.63) is 78.2 Å². The highest BCUT2D eigenvalue weighted by Crippen LogP contribution is 2.27. The van der Waals surface area contributed by atoms with Gasteiger partial charge in [0.05, 0.1) is 11.2 Å². The van der Waals surface area contributed by atoms with E-state index < -0.39 is 5.91 Å². The third kappa shape index (κ3) is 3.00. The van der Waals surface area contributed by atoms with Crippen LogP contribution >= 0.6 is 0 Å². The van der Waals surface area contributed by atoms with Gasteiger partial charge in [-0.25, -0.2) is 4.52 Å². The average Bonchev–Trinajstić information content (AvgIpc) is 3.09. The number of nitrogens with two attached hydrogens (primary N) is 1. The Bertz CT molecular complexity index is 1120. The summed E-state index contributed by atoms with van der Waals surface area (Å²) in [6.45, 7) is 1.85. The molecule has 2 N–H and O–H groups in total.